The summed E-state index contributed by atoms with van der Waals surface area (Å²) < 4.78 is 7.65. The van der Waals surface area contributed by atoms with Crippen LogP contribution in [0.3, 0.4) is 0 Å². The summed E-state index contributed by atoms with van der Waals surface area (Å²) in [5, 5.41) is 12.8. The summed E-state index contributed by atoms with van der Waals surface area (Å²) in [6.45, 7) is 10.2. The van der Waals surface area contributed by atoms with Crippen molar-refractivity contribution in [1.29, 1.82) is 0 Å². The number of nitrogens with zero attached hydrogens (tertiary/aromatic N) is 4. The number of nitrogens with one attached hydrogen (secondary N) is 1. The number of amides is 1. The SMILES string of the molecule is CC(C)Cn1c(SC(C)C(=O)NC2CCCc3ccccc32)nnc1N1CCOCC1. The second kappa shape index (κ2) is 10.0. The van der Waals surface area contributed by atoms with Crippen LogP contribution in [0.25, 0.3) is 0 Å². The number of hydrogen-bond acceptors (Lipinski definition) is 6. The summed E-state index contributed by atoms with van der Waals surface area (Å²) in [5.41, 5.74) is 2.61. The van der Waals surface area contributed by atoms with E-state index in [1.807, 2.05) is 6.92 Å². The highest BCUT2D eigenvalue weighted by Gasteiger charge is 2.27. The van der Waals surface area contributed by atoms with Gasteiger partial charge in [-0.2, -0.15) is 0 Å². The normalized spacial score (nSPS) is 19.9. The van der Waals surface area contributed by atoms with E-state index in [0.29, 0.717) is 19.1 Å². The van der Waals surface area contributed by atoms with E-state index in [9.17, 15) is 4.79 Å². The van der Waals surface area contributed by atoms with Crippen molar-refractivity contribution in [1.82, 2.24) is 20.1 Å². The third-order valence-corrected chi connectivity index (χ3v) is 6.96. The highest BCUT2D eigenvalue weighted by atomic mass is 32.2. The highest BCUT2D eigenvalue weighted by molar-refractivity contribution is 8.00. The molecule has 168 valence electrons. The van der Waals surface area contributed by atoms with E-state index < -0.39 is 0 Å². The Morgan fingerprint density at radius 1 is 1.23 bits per heavy atom. The largest absolute Gasteiger partial charge is 0.378 e. The standard InChI is InChI=1S/C23H33N5O2S/c1-16(2)15-28-22(27-11-13-30-14-12-27)25-26-23(28)31-17(3)21(29)24-20-10-6-8-18-7-4-5-9-19(18)20/h4-5,7,9,16-17,20H,6,8,10-15H2,1-3H3,(H,24,29). The van der Waals surface area contributed by atoms with Gasteiger partial charge >= 0.3 is 0 Å². The van der Waals surface area contributed by atoms with Gasteiger partial charge in [0.1, 0.15) is 0 Å². The van der Waals surface area contributed by atoms with Crippen LogP contribution in [0.1, 0.15) is 50.8 Å². The van der Waals surface area contributed by atoms with Gasteiger partial charge in [-0.3, -0.25) is 9.36 Å². The summed E-state index contributed by atoms with van der Waals surface area (Å²) in [7, 11) is 0. The first kappa shape index (κ1) is 22.1. The molecular formula is C23H33N5O2S. The number of hydrogen-bond donors (Lipinski definition) is 1. The van der Waals surface area contributed by atoms with Crippen molar-refractivity contribution in [3.63, 3.8) is 0 Å². The van der Waals surface area contributed by atoms with Crippen LogP contribution < -0.4 is 10.2 Å². The Kier molecular flexibility index (Phi) is 7.17. The lowest BCUT2D eigenvalue weighted by Gasteiger charge is -2.28. The van der Waals surface area contributed by atoms with Crippen LogP contribution in [0, 0.1) is 5.92 Å². The Hall–Kier alpha value is -2.06. The Labute approximate surface area is 188 Å². The Morgan fingerprint density at radius 3 is 2.77 bits per heavy atom. The molecule has 2 heterocycles. The predicted molar refractivity (Wildman–Crippen MR) is 123 cm³/mol. The quantitative estimate of drug-likeness (QED) is 0.661. The number of morpholine rings is 1. The summed E-state index contributed by atoms with van der Waals surface area (Å²) in [4.78, 5) is 15.3. The summed E-state index contributed by atoms with van der Waals surface area (Å²) in [5.74, 6) is 1.39. The third-order valence-electron chi connectivity index (χ3n) is 5.88. The third kappa shape index (κ3) is 5.23. The molecule has 2 aromatic rings. The van der Waals surface area contributed by atoms with Crippen molar-refractivity contribution < 1.29 is 9.53 Å². The van der Waals surface area contributed by atoms with Gasteiger partial charge in [0, 0.05) is 19.6 Å². The van der Waals surface area contributed by atoms with Crippen molar-refractivity contribution in [2.45, 2.75) is 63.0 Å². The monoisotopic (exact) mass is 443 g/mol. The zero-order valence-corrected chi connectivity index (χ0v) is 19.5. The molecule has 1 aromatic heterocycles. The maximum absolute atomic E-state index is 13.1. The van der Waals surface area contributed by atoms with E-state index >= 15 is 0 Å². The molecule has 1 fully saturated rings. The van der Waals surface area contributed by atoms with Crippen molar-refractivity contribution in [2.75, 3.05) is 31.2 Å². The lowest BCUT2D eigenvalue weighted by Crippen LogP contribution is -2.38. The van der Waals surface area contributed by atoms with Crippen LogP contribution in [0.2, 0.25) is 0 Å². The van der Waals surface area contributed by atoms with Gasteiger partial charge in [0.2, 0.25) is 11.9 Å². The number of aromatic nitrogens is 3. The maximum Gasteiger partial charge on any atom is 0.233 e. The highest BCUT2D eigenvalue weighted by Crippen LogP contribution is 2.31. The first-order valence-electron chi connectivity index (χ1n) is 11.3. The molecule has 1 aromatic carbocycles. The van der Waals surface area contributed by atoms with Crippen LogP contribution in [-0.4, -0.2) is 52.2 Å². The van der Waals surface area contributed by atoms with Gasteiger partial charge in [-0.15, -0.1) is 10.2 Å². The van der Waals surface area contributed by atoms with Crippen molar-refractivity contribution in [2.24, 2.45) is 5.92 Å². The second-order valence-electron chi connectivity index (χ2n) is 8.80. The molecular weight excluding hydrogens is 410 g/mol. The van der Waals surface area contributed by atoms with E-state index in [-0.39, 0.29) is 17.2 Å². The number of rotatable bonds is 7. The summed E-state index contributed by atoms with van der Waals surface area (Å²) >= 11 is 1.49. The molecule has 2 aliphatic rings. The number of thioether (sulfide) groups is 1. The Balaban J connectivity index is 1.46. The van der Waals surface area contributed by atoms with E-state index in [1.54, 1.807) is 0 Å². The van der Waals surface area contributed by atoms with Crippen LogP contribution in [-0.2, 0) is 22.5 Å². The van der Waals surface area contributed by atoms with Gasteiger partial charge in [-0.1, -0.05) is 49.9 Å². The first-order chi connectivity index (χ1) is 15.0. The number of aryl methyl sites for hydroxylation is 1. The minimum Gasteiger partial charge on any atom is -0.378 e. The lowest BCUT2D eigenvalue weighted by molar-refractivity contribution is -0.121. The van der Waals surface area contributed by atoms with Crippen LogP contribution in [0.15, 0.2) is 29.4 Å². The second-order valence-corrected chi connectivity index (χ2v) is 10.1. The van der Waals surface area contributed by atoms with Crippen LogP contribution in [0.4, 0.5) is 5.95 Å². The van der Waals surface area contributed by atoms with Crippen molar-refractivity contribution in [3.05, 3.63) is 35.4 Å². The van der Waals surface area contributed by atoms with Gasteiger partial charge in [0.15, 0.2) is 5.16 Å². The molecule has 0 radical (unpaired) electrons. The first-order valence-corrected chi connectivity index (χ1v) is 12.2. The predicted octanol–water partition coefficient (Wildman–Crippen LogP) is 3.45. The molecule has 1 amide bonds. The summed E-state index contributed by atoms with van der Waals surface area (Å²) in [6.07, 6.45) is 3.19. The van der Waals surface area contributed by atoms with Crippen molar-refractivity contribution in [3.8, 4) is 0 Å². The van der Waals surface area contributed by atoms with Crippen molar-refractivity contribution >= 4 is 23.6 Å². The van der Waals surface area contributed by atoms with Crippen LogP contribution >= 0.6 is 11.8 Å². The number of fused-ring (bicyclic) bond motifs is 1. The van der Waals surface area contributed by atoms with Gasteiger partial charge in [-0.05, 0) is 43.2 Å². The van der Waals surface area contributed by atoms with E-state index in [2.05, 4.69) is 63.1 Å². The van der Waals surface area contributed by atoms with Gasteiger partial charge in [0.05, 0.1) is 24.5 Å². The van der Waals surface area contributed by atoms with E-state index in [1.165, 1.54) is 22.9 Å². The fraction of sp³-hybridized carbons (Fsp3) is 0.609. The van der Waals surface area contributed by atoms with Gasteiger partial charge in [-0.25, -0.2) is 0 Å². The zero-order valence-electron chi connectivity index (χ0n) is 18.7. The summed E-state index contributed by atoms with van der Waals surface area (Å²) in [6, 6.07) is 8.55. The number of benzene rings is 1. The number of carbonyl (C=O) groups is 1. The Morgan fingerprint density at radius 2 is 2.00 bits per heavy atom. The molecule has 0 bridgehead atoms. The van der Waals surface area contributed by atoms with Gasteiger partial charge in [0.25, 0.3) is 0 Å². The molecule has 1 aliphatic carbocycles. The van der Waals surface area contributed by atoms with E-state index in [0.717, 1.165) is 50.0 Å². The average Bonchev–Trinajstić information content (AvgIpc) is 3.16. The molecule has 8 heteroatoms. The molecule has 1 saturated heterocycles. The topological polar surface area (TPSA) is 72.3 Å². The fourth-order valence-electron chi connectivity index (χ4n) is 4.29. The van der Waals surface area contributed by atoms with Crippen LogP contribution in [0.5, 0.6) is 0 Å². The molecule has 4 rings (SSSR count). The number of ether oxygens (including phenoxy) is 1. The Bertz CT molecular complexity index is 894. The molecule has 0 spiro atoms. The minimum absolute atomic E-state index is 0.0544. The number of carbonyl (C=O) groups excluding carboxylic acids is 1. The average molecular weight is 444 g/mol. The molecule has 1 aliphatic heterocycles. The molecule has 0 saturated carbocycles. The lowest BCUT2D eigenvalue weighted by atomic mass is 9.88. The zero-order chi connectivity index (χ0) is 21.8. The smallest absolute Gasteiger partial charge is 0.233 e. The molecule has 7 nitrogen and oxygen atoms in total. The van der Waals surface area contributed by atoms with Gasteiger partial charge < -0.3 is 15.0 Å². The molecule has 1 N–H and O–H groups in total. The molecule has 31 heavy (non-hydrogen) atoms. The number of anilines is 1. The maximum atomic E-state index is 13.1. The van der Waals surface area contributed by atoms with E-state index in [4.69, 9.17) is 4.74 Å². The molecule has 2 unspecified atom stereocenters. The minimum atomic E-state index is -0.248. The molecule has 2 atom stereocenters. The fourth-order valence-corrected chi connectivity index (χ4v) is 5.16.